The number of para-hydroxylation sites is 1. The van der Waals surface area contributed by atoms with Gasteiger partial charge in [-0.3, -0.25) is 4.79 Å². The number of halogens is 1. The van der Waals surface area contributed by atoms with Crippen LogP contribution in [0.3, 0.4) is 0 Å². The second kappa shape index (κ2) is 5.70. The summed E-state index contributed by atoms with van der Waals surface area (Å²) in [5, 5.41) is 9.75. The van der Waals surface area contributed by atoms with Crippen LogP contribution >= 0.6 is 23.8 Å². The molecule has 1 aromatic heterocycles. The quantitative estimate of drug-likeness (QED) is 0.676. The highest BCUT2D eigenvalue weighted by atomic mass is 35.5. The molecule has 2 N–H and O–H groups in total. The number of aromatic amines is 1. The summed E-state index contributed by atoms with van der Waals surface area (Å²) in [5.74, 6) is 0.121. The number of nitrogens with zero attached hydrogens (tertiary/aromatic N) is 2. The van der Waals surface area contributed by atoms with E-state index in [9.17, 15) is 4.79 Å². The molecule has 6 nitrogen and oxygen atoms in total. The summed E-state index contributed by atoms with van der Waals surface area (Å²) in [6, 6.07) is 12.4. The Morgan fingerprint density at radius 2 is 1.96 bits per heavy atom. The van der Waals surface area contributed by atoms with Crippen LogP contribution in [0, 0.1) is 4.84 Å². The predicted octanol–water partition coefficient (Wildman–Crippen LogP) is 4.13. The van der Waals surface area contributed by atoms with Crippen molar-refractivity contribution in [1.82, 2.24) is 10.2 Å². The molecule has 1 amide bonds. The van der Waals surface area contributed by atoms with E-state index in [0.717, 1.165) is 5.56 Å². The molecule has 1 aliphatic heterocycles. The van der Waals surface area contributed by atoms with E-state index in [1.807, 2.05) is 0 Å². The zero-order chi connectivity index (χ0) is 16.7. The lowest BCUT2D eigenvalue weighted by Gasteiger charge is -2.00. The molecule has 0 saturated carbocycles. The number of amides is 1. The first-order valence-corrected chi connectivity index (χ1v) is 7.75. The van der Waals surface area contributed by atoms with Crippen molar-refractivity contribution in [2.75, 3.05) is 5.32 Å². The summed E-state index contributed by atoms with van der Waals surface area (Å²) in [6.45, 7) is 0. The van der Waals surface area contributed by atoms with Gasteiger partial charge in [0.15, 0.2) is 0 Å². The van der Waals surface area contributed by atoms with Crippen LogP contribution in [0.5, 0.6) is 0 Å². The van der Waals surface area contributed by atoms with E-state index in [1.54, 1.807) is 42.5 Å². The zero-order valence-corrected chi connectivity index (χ0v) is 13.6. The average molecular weight is 357 g/mol. The number of fused-ring (bicyclic) bond motifs is 1. The number of hydrogen-bond acceptors (Lipinski definition) is 5. The molecule has 2 heterocycles. The van der Waals surface area contributed by atoms with E-state index in [1.165, 1.54) is 0 Å². The minimum atomic E-state index is -0.278. The Morgan fingerprint density at radius 3 is 2.67 bits per heavy atom. The third-order valence-corrected chi connectivity index (χ3v) is 4.01. The predicted molar refractivity (Wildman–Crippen MR) is 93.4 cm³/mol. The summed E-state index contributed by atoms with van der Waals surface area (Å²) >= 11 is 10.9. The van der Waals surface area contributed by atoms with Crippen molar-refractivity contribution in [3.05, 3.63) is 57.9 Å². The van der Waals surface area contributed by atoms with E-state index < -0.39 is 0 Å². The Morgan fingerprint density at radius 1 is 1.17 bits per heavy atom. The maximum absolute atomic E-state index is 12.1. The summed E-state index contributed by atoms with van der Waals surface area (Å²) in [4.78, 5) is 16.8. The van der Waals surface area contributed by atoms with Gasteiger partial charge in [-0.25, -0.2) is 10.1 Å². The molecule has 0 radical (unpaired) electrons. The largest absolute Gasteiger partial charge is 0.409 e. The maximum atomic E-state index is 12.1. The minimum Gasteiger partial charge on any atom is -0.409 e. The number of H-pyrrole nitrogens is 1. The molecule has 0 bridgehead atoms. The SMILES string of the molecule is O=C1Nc2c(Cl)cccc2C1=Nc1ccc(-c2n[nH]c(=S)o2)cc1. The molecule has 118 valence electrons. The standard InChI is InChI=1S/C16H9ClN4O2S/c17-11-3-1-2-10-12(11)19-14(22)13(10)18-9-6-4-8(5-7-9)15-20-21-16(24)23-15/h1-7H,(H,21,24)(H,18,19,22). The lowest BCUT2D eigenvalue weighted by atomic mass is 10.1. The van der Waals surface area contributed by atoms with Crippen molar-refractivity contribution in [2.45, 2.75) is 0 Å². The zero-order valence-electron chi connectivity index (χ0n) is 12.0. The highest BCUT2D eigenvalue weighted by Crippen LogP contribution is 2.32. The minimum absolute atomic E-state index is 0.213. The van der Waals surface area contributed by atoms with Crippen molar-refractivity contribution in [3.63, 3.8) is 0 Å². The van der Waals surface area contributed by atoms with Crippen molar-refractivity contribution in [1.29, 1.82) is 0 Å². The van der Waals surface area contributed by atoms with Gasteiger partial charge in [0.25, 0.3) is 10.7 Å². The molecule has 0 fully saturated rings. The number of benzene rings is 2. The molecule has 24 heavy (non-hydrogen) atoms. The monoisotopic (exact) mass is 356 g/mol. The number of anilines is 1. The number of rotatable bonds is 2. The second-order valence-electron chi connectivity index (χ2n) is 5.04. The molecule has 1 aliphatic rings. The summed E-state index contributed by atoms with van der Waals surface area (Å²) in [5.41, 5.74) is 3.00. The van der Waals surface area contributed by atoms with Gasteiger partial charge < -0.3 is 9.73 Å². The summed E-state index contributed by atoms with van der Waals surface area (Å²) in [6.07, 6.45) is 0. The van der Waals surface area contributed by atoms with Crippen LogP contribution in [-0.4, -0.2) is 21.8 Å². The van der Waals surface area contributed by atoms with Crippen molar-refractivity contribution < 1.29 is 9.21 Å². The molecule has 3 aromatic rings. The molecule has 4 rings (SSSR count). The van der Waals surface area contributed by atoms with Gasteiger partial charge in [0.05, 0.1) is 16.4 Å². The number of carbonyl (C=O) groups excluding carboxylic acids is 1. The van der Waals surface area contributed by atoms with Crippen LogP contribution in [0.1, 0.15) is 5.56 Å². The highest BCUT2D eigenvalue weighted by Gasteiger charge is 2.27. The second-order valence-corrected chi connectivity index (χ2v) is 5.82. The van der Waals surface area contributed by atoms with Crippen LogP contribution in [0.2, 0.25) is 5.02 Å². The number of hydrogen-bond donors (Lipinski definition) is 2. The molecule has 0 atom stereocenters. The lowest BCUT2D eigenvalue weighted by molar-refractivity contribution is -0.110. The van der Waals surface area contributed by atoms with Gasteiger partial charge in [-0.15, -0.1) is 5.10 Å². The third-order valence-electron chi connectivity index (χ3n) is 3.52. The first kappa shape index (κ1) is 14.8. The molecule has 0 saturated heterocycles. The van der Waals surface area contributed by atoms with Gasteiger partial charge in [-0.2, -0.15) is 0 Å². The van der Waals surface area contributed by atoms with Gasteiger partial charge in [0, 0.05) is 11.1 Å². The Hall–Kier alpha value is -2.77. The van der Waals surface area contributed by atoms with Crippen molar-refractivity contribution in [2.24, 2.45) is 4.99 Å². The van der Waals surface area contributed by atoms with Gasteiger partial charge in [-0.1, -0.05) is 23.7 Å². The van der Waals surface area contributed by atoms with Crippen LogP contribution in [-0.2, 0) is 4.79 Å². The average Bonchev–Trinajstić information content (AvgIpc) is 3.14. The van der Waals surface area contributed by atoms with Crippen molar-refractivity contribution in [3.8, 4) is 11.5 Å². The number of carbonyl (C=O) groups is 1. The molecule has 0 aliphatic carbocycles. The van der Waals surface area contributed by atoms with Gasteiger partial charge >= 0.3 is 0 Å². The Kier molecular flexibility index (Phi) is 3.51. The van der Waals surface area contributed by atoms with Gasteiger partial charge in [0.2, 0.25) is 5.89 Å². The fraction of sp³-hybridized carbons (Fsp3) is 0. The first-order valence-electron chi connectivity index (χ1n) is 6.97. The Balaban J connectivity index is 1.71. The molecule has 8 heteroatoms. The van der Waals surface area contributed by atoms with E-state index in [2.05, 4.69) is 20.5 Å². The first-order chi connectivity index (χ1) is 11.6. The van der Waals surface area contributed by atoms with E-state index in [0.29, 0.717) is 33.6 Å². The number of aliphatic imine (C=N–C) groups is 1. The molecular formula is C16H9ClN4O2S. The molecule has 2 aromatic carbocycles. The number of nitrogens with one attached hydrogen (secondary N) is 2. The van der Waals surface area contributed by atoms with E-state index in [-0.39, 0.29) is 10.7 Å². The lowest BCUT2D eigenvalue weighted by Crippen LogP contribution is -2.13. The normalized spacial score (nSPS) is 14.7. The Labute approximate surface area is 146 Å². The highest BCUT2D eigenvalue weighted by molar-refractivity contribution is 7.71. The summed E-state index contributed by atoms with van der Waals surface area (Å²) in [7, 11) is 0. The molecule has 0 unspecified atom stereocenters. The van der Waals surface area contributed by atoms with Gasteiger partial charge in [-0.05, 0) is 42.5 Å². The number of aromatic nitrogens is 2. The fourth-order valence-electron chi connectivity index (χ4n) is 2.42. The summed E-state index contributed by atoms with van der Waals surface area (Å²) < 4.78 is 5.25. The van der Waals surface area contributed by atoms with E-state index >= 15 is 0 Å². The van der Waals surface area contributed by atoms with Crippen LogP contribution in [0.15, 0.2) is 51.9 Å². The van der Waals surface area contributed by atoms with Crippen molar-refractivity contribution >= 4 is 46.8 Å². The molecule has 0 spiro atoms. The third kappa shape index (κ3) is 2.53. The van der Waals surface area contributed by atoms with Crippen LogP contribution in [0.25, 0.3) is 11.5 Å². The molecular weight excluding hydrogens is 348 g/mol. The van der Waals surface area contributed by atoms with E-state index in [4.69, 9.17) is 28.2 Å². The van der Waals surface area contributed by atoms with Crippen LogP contribution in [0.4, 0.5) is 11.4 Å². The van der Waals surface area contributed by atoms with Crippen LogP contribution < -0.4 is 5.32 Å². The Bertz CT molecular complexity index is 1040. The van der Waals surface area contributed by atoms with Gasteiger partial charge in [0.1, 0.15) is 5.71 Å². The smallest absolute Gasteiger partial charge is 0.284 e. The fourth-order valence-corrected chi connectivity index (χ4v) is 2.76. The topological polar surface area (TPSA) is 83.3 Å². The maximum Gasteiger partial charge on any atom is 0.284 e.